The summed E-state index contributed by atoms with van der Waals surface area (Å²) in [5.74, 6) is 0.680. The Morgan fingerprint density at radius 1 is 1.04 bits per heavy atom. The summed E-state index contributed by atoms with van der Waals surface area (Å²) in [7, 11) is 0. The van der Waals surface area contributed by atoms with E-state index in [2.05, 4.69) is 13.8 Å². The Kier molecular flexibility index (Phi) is 4.06. The zero-order valence-electron chi connectivity index (χ0n) is 16.0. The number of ether oxygens (including phenoxy) is 3. The maximum Gasteiger partial charge on any atom is 0.205 e. The number of rotatable bonds is 2. The zero-order chi connectivity index (χ0) is 18.8. The fourth-order valence-corrected chi connectivity index (χ4v) is 5.65. The van der Waals surface area contributed by atoms with Gasteiger partial charge in [0.15, 0.2) is 11.9 Å². The van der Waals surface area contributed by atoms with Crippen LogP contribution in [0.4, 0.5) is 4.39 Å². The first-order chi connectivity index (χ1) is 12.9. The van der Waals surface area contributed by atoms with E-state index < -0.39 is 24.0 Å². The summed E-state index contributed by atoms with van der Waals surface area (Å²) >= 11 is 0. The third kappa shape index (κ3) is 2.64. The highest BCUT2D eigenvalue weighted by Crippen LogP contribution is 2.60. The monoisotopic (exact) mass is 378 g/mol. The van der Waals surface area contributed by atoms with E-state index in [1.807, 2.05) is 6.92 Å². The van der Waals surface area contributed by atoms with Crippen molar-refractivity contribution in [2.24, 2.45) is 23.7 Å². The molecule has 1 aromatic carbocycles. The van der Waals surface area contributed by atoms with Gasteiger partial charge in [0.1, 0.15) is 11.6 Å². The molecule has 0 aromatic heterocycles. The van der Waals surface area contributed by atoms with Crippen molar-refractivity contribution in [1.29, 1.82) is 0 Å². The molecule has 4 heterocycles. The minimum absolute atomic E-state index is 0.0935. The van der Waals surface area contributed by atoms with E-state index in [4.69, 9.17) is 24.0 Å². The van der Waals surface area contributed by atoms with E-state index in [9.17, 15) is 4.39 Å². The highest BCUT2D eigenvalue weighted by atomic mass is 19.1. The molecule has 4 aliphatic heterocycles. The Bertz CT molecular complexity index is 711. The van der Waals surface area contributed by atoms with Crippen molar-refractivity contribution >= 4 is 0 Å². The van der Waals surface area contributed by atoms with Crippen molar-refractivity contribution < 1.29 is 28.4 Å². The molecule has 0 amide bonds. The lowest BCUT2D eigenvalue weighted by molar-refractivity contribution is -0.575. The van der Waals surface area contributed by atoms with Crippen LogP contribution in [-0.2, 0) is 19.2 Å². The molecule has 0 N–H and O–H groups in total. The molecule has 1 saturated carbocycles. The lowest BCUT2D eigenvalue weighted by Crippen LogP contribution is -2.70. The SMILES string of the molecule is C[C@H]1[C@H](Oc2ccc(F)cc2)O[C@@H]2O[C@]3(C)CC[C@H]4[C@H](C)CC[C@@H]1[C@@]24OO3. The molecule has 148 valence electrons. The van der Waals surface area contributed by atoms with Gasteiger partial charge in [-0.15, -0.1) is 0 Å². The van der Waals surface area contributed by atoms with E-state index in [1.54, 1.807) is 12.1 Å². The first-order valence-corrected chi connectivity index (χ1v) is 10.0. The van der Waals surface area contributed by atoms with Gasteiger partial charge < -0.3 is 14.2 Å². The summed E-state index contributed by atoms with van der Waals surface area (Å²) in [5.41, 5.74) is -0.588. The normalized spacial score (nSPS) is 48.6. The molecule has 4 saturated heterocycles. The van der Waals surface area contributed by atoms with Crippen molar-refractivity contribution in [3.05, 3.63) is 30.1 Å². The van der Waals surface area contributed by atoms with Crippen LogP contribution in [0.2, 0.25) is 0 Å². The molecule has 2 bridgehead atoms. The number of fused-ring (bicyclic) bond motifs is 2. The van der Waals surface area contributed by atoms with E-state index >= 15 is 0 Å². The molecule has 6 heteroatoms. The molecule has 5 nitrogen and oxygen atoms in total. The van der Waals surface area contributed by atoms with Crippen LogP contribution >= 0.6 is 0 Å². The third-order valence-electron chi connectivity index (χ3n) is 7.16. The molecule has 0 unspecified atom stereocenters. The lowest BCUT2D eigenvalue weighted by Gasteiger charge is -2.60. The van der Waals surface area contributed by atoms with Gasteiger partial charge in [0.2, 0.25) is 12.1 Å². The van der Waals surface area contributed by atoms with Gasteiger partial charge in [-0.3, -0.25) is 0 Å². The Balaban J connectivity index is 1.48. The quantitative estimate of drug-likeness (QED) is 0.713. The van der Waals surface area contributed by atoms with Crippen molar-refractivity contribution in [3.8, 4) is 5.75 Å². The number of halogens is 1. The average molecular weight is 378 g/mol. The van der Waals surface area contributed by atoms with Crippen LogP contribution in [-0.4, -0.2) is 24.0 Å². The second kappa shape index (κ2) is 6.14. The van der Waals surface area contributed by atoms with Crippen LogP contribution < -0.4 is 4.74 Å². The standard InChI is InChI=1S/C21H27FO5/c1-12-4-9-17-13(2)18(23-15-7-5-14(22)6-8-15)24-19-21(17)16(12)10-11-20(3,25-19)26-27-21/h5-8,12-13,16-19H,4,9-11H2,1-3H3/t12-,13-,16+,17+,18-,19-,20+,21-/m1/s1. The Hall–Kier alpha value is -1.21. The minimum atomic E-state index is -0.793. The molecule has 1 aliphatic carbocycles. The Labute approximate surface area is 159 Å². The van der Waals surface area contributed by atoms with Crippen molar-refractivity contribution in [2.45, 2.75) is 70.4 Å². The summed E-state index contributed by atoms with van der Waals surface area (Å²) in [5, 5.41) is 0. The molecule has 8 atom stereocenters. The van der Waals surface area contributed by atoms with Gasteiger partial charge >= 0.3 is 0 Å². The molecular weight excluding hydrogens is 351 g/mol. The molecule has 0 radical (unpaired) electrons. The second-order valence-electron chi connectivity index (χ2n) is 8.85. The van der Waals surface area contributed by atoms with Crippen molar-refractivity contribution in [3.63, 3.8) is 0 Å². The third-order valence-corrected chi connectivity index (χ3v) is 7.16. The summed E-state index contributed by atoms with van der Waals surface area (Å²) < 4.78 is 32.0. The maximum absolute atomic E-state index is 13.2. The van der Waals surface area contributed by atoms with Crippen molar-refractivity contribution in [1.82, 2.24) is 0 Å². The first-order valence-electron chi connectivity index (χ1n) is 10.0. The van der Waals surface area contributed by atoms with E-state index in [1.165, 1.54) is 12.1 Å². The Morgan fingerprint density at radius 2 is 1.81 bits per heavy atom. The predicted molar refractivity (Wildman–Crippen MR) is 93.9 cm³/mol. The predicted octanol–water partition coefficient (Wildman–Crippen LogP) is 4.41. The Morgan fingerprint density at radius 3 is 2.59 bits per heavy atom. The van der Waals surface area contributed by atoms with Gasteiger partial charge in [0.05, 0.1) is 0 Å². The molecule has 27 heavy (non-hydrogen) atoms. The molecule has 5 fully saturated rings. The second-order valence-corrected chi connectivity index (χ2v) is 8.85. The average Bonchev–Trinajstić information content (AvgIpc) is 2.87. The first kappa shape index (κ1) is 17.9. The van der Waals surface area contributed by atoms with E-state index in [0.29, 0.717) is 17.6 Å². The van der Waals surface area contributed by atoms with E-state index in [-0.39, 0.29) is 17.7 Å². The van der Waals surface area contributed by atoms with Crippen LogP contribution in [0.3, 0.4) is 0 Å². The summed E-state index contributed by atoms with van der Waals surface area (Å²) in [6, 6.07) is 6.04. The lowest BCUT2D eigenvalue weighted by atomic mass is 9.58. The van der Waals surface area contributed by atoms with Crippen molar-refractivity contribution in [2.75, 3.05) is 0 Å². The highest BCUT2D eigenvalue weighted by Gasteiger charge is 2.69. The maximum atomic E-state index is 13.2. The van der Waals surface area contributed by atoms with Crippen LogP contribution in [0.1, 0.15) is 46.5 Å². The zero-order valence-corrected chi connectivity index (χ0v) is 16.0. The summed E-state index contributed by atoms with van der Waals surface area (Å²) in [4.78, 5) is 11.9. The van der Waals surface area contributed by atoms with Gasteiger partial charge in [-0.25, -0.2) is 14.2 Å². The van der Waals surface area contributed by atoms with Crippen LogP contribution in [0.15, 0.2) is 24.3 Å². The highest BCUT2D eigenvalue weighted by molar-refractivity contribution is 5.22. The molecule has 6 rings (SSSR count). The van der Waals surface area contributed by atoms with Gasteiger partial charge in [-0.1, -0.05) is 13.8 Å². The van der Waals surface area contributed by atoms with Crippen LogP contribution in [0, 0.1) is 29.5 Å². The van der Waals surface area contributed by atoms with Gasteiger partial charge in [-0.05, 0) is 62.3 Å². The molecule has 1 spiro atoms. The number of hydrogen-bond acceptors (Lipinski definition) is 5. The summed E-state index contributed by atoms with van der Waals surface area (Å²) in [6.07, 6.45) is 2.95. The van der Waals surface area contributed by atoms with Gasteiger partial charge in [-0.2, -0.15) is 0 Å². The number of hydrogen-bond donors (Lipinski definition) is 0. The smallest absolute Gasteiger partial charge is 0.205 e. The van der Waals surface area contributed by atoms with Crippen LogP contribution in [0.25, 0.3) is 0 Å². The van der Waals surface area contributed by atoms with Crippen LogP contribution in [0.5, 0.6) is 5.75 Å². The number of benzene rings is 1. The fraction of sp³-hybridized carbons (Fsp3) is 0.714. The van der Waals surface area contributed by atoms with Gasteiger partial charge in [0, 0.05) is 18.3 Å². The topological polar surface area (TPSA) is 46.2 Å². The van der Waals surface area contributed by atoms with Gasteiger partial charge in [0.25, 0.3) is 0 Å². The molecular formula is C21H27FO5. The molecule has 5 aliphatic rings. The summed E-state index contributed by atoms with van der Waals surface area (Å²) in [6.45, 7) is 6.34. The fourth-order valence-electron chi connectivity index (χ4n) is 5.65. The molecule has 1 aromatic rings. The van der Waals surface area contributed by atoms with E-state index in [0.717, 1.165) is 25.7 Å². The minimum Gasteiger partial charge on any atom is -0.465 e. The largest absolute Gasteiger partial charge is 0.465 e.